The first-order valence-corrected chi connectivity index (χ1v) is 4.65. The van der Waals surface area contributed by atoms with Crippen LogP contribution in [0.25, 0.3) is 0 Å². The fraction of sp³-hybridized carbons (Fsp3) is 0.778. The maximum absolute atomic E-state index is 11.3. The van der Waals surface area contributed by atoms with Crippen molar-refractivity contribution in [3.05, 3.63) is 0 Å². The van der Waals surface area contributed by atoms with Crippen molar-refractivity contribution in [2.75, 3.05) is 19.8 Å². The Morgan fingerprint density at radius 2 is 1.93 bits per heavy atom. The van der Waals surface area contributed by atoms with Gasteiger partial charge in [0.05, 0.1) is 26.2 Å². The van der Waals surface area contributed by atoms with Gasteiger partial charge in [0.2, 0.25) is 6.29 Å². The molecule has 1 saturated heterocycles. The first-order valence-electron chi connectivity index (χ1n) is 4.65. The van der Waals surface area contributed by atoms with Gasteiger partial charge in [-0.15, -0.1) is 0 Å². The molecule has 0 N–H and O–H groups in total. The van der Waals surface area contributed by atoms with Crippen molar-refractivity contribution in [3.8, 4) is 0 Å². The summed E-state index contributed by atoms with van der Waals surface area (Å²) in [6.07, 6.45) is -0.566. The largest absolute Gasteiger partial charge is 0.466 e. The normalized spacial score (nSPS) is 16.9. The predicted octanol–water partition coefficient (Wildman–Crippen LogP) is 0.272. The summed E-state index contributed by atoms with van der Waals surface area (Å²) < 4.78 is 14.6. The molecule has 0 atom stereocenters. The van der Waals surface area contributed by atoms with E-state index in [1.54, 1.807) is 6.92 Å². The molecule has 0 bridgehead atoms. The highest BCUT2D eigenvalue weighted by Crippen LogP contribution is 2.08. The number of hydrogen-bond donors (Lipinski definition) is 0. The average Bonchev–Trinajstić information content (AvgIpc) is 2.67. The van der Waals surface area contributed by atoms with Crippen LogP contribution in [-0.4, -0.2) is 37.9 Å². The first kappa shape index (κ1) is 11.1. The van der Waals surface area contributed by atoms with Gasteiger partial charge in [-0.2, -0.15) is 0 Å². The summed E-state index contributed by atoms with van der Waals surface area (Å²) >= 11 is 0. The second-order valence-electron chi connectivity index (χ2n) is 2.84. The summed E-state index contributed by atoms with van der Waals surface area (Å²) in [5, 5.41) is 0. The van der Waals surface area contributed by atoms with Crippen LogP contribution in [0.4, 0.5) is 0 Å². The Morgan fingerprint density at radius 3 is 2.50 bits per heavy atom. The zero-order valence-electron chi connectivity index (χ0n) is 8.15. The maximum Gasteiger partial charge on any atom is 0.306 e. The van der Waals surface area contributed by atoms with E-state index in [1.165, 1.54) is 0 Å². The molecule has 5 nitrogen and oxygen atoms in total. The third-order valence-corrected chi connectivity index (χ3v) is 1.77. The summed E-state index contributed by atoms with van der Waals surface area (Å²) in [6, 6.07) is 0. The number of esters is 1. The van der Waals surface area contributed by atoms with E-state index in [0.29, 0.717) is 19.8 Å². The maximum atomic E-state index is 11.3. The fourth-order valence-corrected chi connectivity index (χ4v) is 1.12. The quantitative estimate of drug-likeness (QED) is 0.599. The lowest BCUT2D eigenvalue weighted by molar-refractivity contribution is -0.149. The number of carbonyl (C=O) groups excluding carboxylic acids is 2. The van der Waals surface area contributed by atoms with Crippen molar-refractivity contribution in [2.45, 2.75) is 26.1 Å². The van der Waals surface area contributed by atoms with E-state index in [4.69, 9.17) is 9.47 Å². The second kappa shape index (κ2) is 5.72. The SMILES string of the molecule is CCOC(=O)CCC(=O)C1OCCO1. The lowest BCUT2D eigenvalue weighted by atomic mass is 10.2. The Bertz CT molecular complexity index is 207. The zero-order valence-corrected chi connectivity index (χ0v) is 8.15. The highest BCUT2D eigenvalue weighted by molar-refractivity contribution is 5.85. The van der Waals surface area contributed by atoms with Gasteiger partial charge in [0, 0.05) is 6.42 Å². The van der Waals surface area contributed by atoms with Crippen LogP contribution in [0.2, 0.25) is 0 Å². The summed E-state index contributed by atoms with van der Waals surface area (Å²) in [4.78, 5) is 22.2. The van der Waals surface area contributed by atoms with E-state index in [-0.39, 0.29) is 24.6 Å². The third-order valence-electron chi connectivity index (χ3n) is 1.77. The molecule has 0 aromatic carbocycles. The van der Waals surface area contributed by atoms with E-state index < -0.39 is 6.29 Å². The lowest BCUT2D eigenvalue weighted by Gasteiger charge is -2.06. The minimum absolute atomic E-state index is 0.0931. The van der Waals surface area contributed by atoms with Crippen molar-refractivity contribution >= 4 is 11.8 Å². The molecule has 1 aliphatic heterocycles. The van der Waals surface area contributed by atoms with Gasteiger partial charge in [-0.1, -0.05) is 0 Å². The molecule has 1 fully saturated rings. The fourth-order valence-electron chi connectivity index (χ4n) is 1.12. The molecule has 80 valence electrons. The van der Waals surface area contributed by atoms with Crippen LogP contribution >= 0.6 is 0 Å². The van der Waals surface area contributed by atoms with Crippen LogP contribution in [0.5, 0.6) is 0 Å². The van der Waals surface area contributed by atoms with Gasteiger partial charge < -0.3 is 14.2 Å². The highest BCUT2D eigenvalue weighted by Gasteiger charge is 2.24. The summed E-state index contributed by atoms with van der Waals surface area (Å²) in [5.74, 6) is -0.561. The molecule has 0 saturated carbocycles. The minimum Gasteiger partial charge on any atom is -0.466 e. The van der Waals surface area contributed by atoms with Crippen LogP contribution in [0, 0.1) is 0 Å². The number of ketones is 1. The number of Topliss-reactive ketones (excluding diaryl/α,β-unsaturated/α-hetero) is 1. The topological polar surface area (TPSA) is 61.8 Å². The van der Waals surface area contributed by atoms with E-state index in [0.717, 1.165) is 0 Å². The van der Waals surface area contributed by atoms with Crippen LogP contribution in [0.3, 0.4) is 0 Å². The van der Waals surface area contributed by atoms with E-state index in [9.17, 15) is 9.59 Å². The van der Waals surface area contributed by atoms with Gasteiger partial charge in [0.15, 0.2) is 5.78 Å². The van der Waals surface area contributed by atoms with Crippen LogP contribution in [0.15, 0.2) is 0 Å². The van der Waals surface area contributed by atoms with Gasteiger partial charge in [-0.25, -0.2) is 0 Å². The minimum atomic E-state index is -0.774. The zero-order chi connectivity index (χ0) is 10.4. The van der Waals surface area contributed by atoms with Gasteiger partial charge in [-0.3, -0.25) is 9.59 Å². The van der Waals surface area contributed by atoms with Gasteiger partial charge in [0.25, 0.3) is 0 Å². The predicted molar refractivity (Wildman–Crippen MR) is 46.6 cm³/mol. The molecule has 5 heteroatoms. The number of rotatable bonds is 5. The number of hydrogen-bond acceptors (Lipinski definition) is 5. The second-order valence-corrected chi connectivity index (χ2v) is 2.84. The smallest absolute Gasteiger partial charge is 0.306 e. The molecule has 14 heavy (non-hydrogen) atoms. The van der Waals surface area contributed by atoms with Gasteiger partial charge >= 0.3 is 5.97 Å². The van der Waals surface area contributed by atoms with Gasteiger partial charge in [-0.05, 0) is 6.92 Å². The Morgan fingerprint density at radius 1 is 1.29 bits per heavy atom. The third kappa shape index (κ3) is 3.43. The molecular formula is C9H14O5. The molecule has 0 aromatic rings. The molecular weight excluding hydrogens is 188 g/mol. The van der Waals surface area contributed by atoms with Crippen molar-refractivity contribution in [1.29, 1.82) is 0 Å². The van der Waals surface area contributed by atoms with Crippen molar-refractivity contribution in [2.24, 2.45) is 0 Å². The van der Waals surface area contributed by atoms with E-state index >= 15 is 0 Å². The van der Waals surface area contributed by atoms with Crippen molar-refractivity contribution < 1.29 is 23.8 Å². The molecule has 0 aromatic heterocycles. The Hall–Kier alpha value is -0.940. The number of carbonyl (C=O) groups is 2. The average molecular weight is 202 g/mol. The molecule has 1 heterocycles. The molecule has 0 spiro atoms. The Kier molecular flexibility index (Phi) is 4.55. The Balaban J connectivity index is 2.17. The van der Waals surface area contributed by atoms with Gasteiger partial charge in [0.1, 0.15) is 0 Å². The van der Waals surface area contributed by atoms with Crippen LogP contribution in [0.1, 0.15) is 19.8 Å². The molecule has 0 unspecified atom stereocenters. The van der Waals surface area contributed by atoms with E-state index in [2.05, 4.69) is 4.74 Å². The Labute approximate surface area is 82.3 Å². The highest BCUT2D eigenvalue weighted by atomic mass is 16.7. The lowest BCUT2D eigenvalue weighted by Crippen LogP contribution is -2.22. The molecule has 0 aliphatic carbocycles. The van der Waals surface area contributed by atoms with E-state index in [1.807, 2.05) is 0 Å². The monoisotopic (exact) mass is 202 g/mol. The summed E-state index contributed by atoms with van der Waals surface area (Å²) in [7, 11) is 0. The van der Waals surface area contributed by atoms with Crippen LogP contribution in [-0.2, 0) is 23.8 Å². The molecule has 0 radical (unpaired) electrons. The van der Waals surface area contributed by atoms with Crippen LogP contribution < -0.4 is 0 Å². The van der Waals surface area contributed by atoms with Crippen molar-refractivity contribution in [1.82, 2.24) is 0 Å². The molecule has 1 rings (SSSR count). The summed E-state index contributed by atoms with van der Waals surface area (Å²) in [6.45, 7) is 2.94. The first-order chi connectivity index (χ1) is 6.74. The standard InChI is InChI=1S/C9H14O5/c1-2-12-8(11)4-3-7(10)9-13-5-6-14-9/h9H,2-6H2,1H3. The molecule has 1 aliphatic rings. The number of ether oxygens (including phenoxy) is 3. The molecule has 0 amide bonds. The summed E-state index contributed by atoms with van der Waals surface area (Å²) in [5.41, 5.74) is 0. The van der Waals surface area contributed by atoms with Crippen molar-refractivity contribution in [3.63, 3.8) is 0 Å².